The standard InChI is InChI=1S/C21H28ClN3S.C14H16Cl2O.C7H15N3S/c1-24-12-5-13-25(15-14-24)20-23-19(16-26-20)21(10-3-2-4-11-21)17-6-8-18(22)9-7-17;15-10-13(17)14(8-2-1-3-9-14)11-4-6-12(16)7-5-11;1-9-3-2-4-10(6-5-9)7(8)11/h6-9,16H,2-5,10-15H2,1H3;4-7H,1-3,8-10H2;2-6H2,1H3,(H2,8,11). The molecule has 0 amide bonds. The Labute approximate surface area is 348 Å². The minimum Gasteiger partial charge on any atom is -0.376 e. The van der Waals surface area contributed by atoms with Crippen LogP contribution in [0.3, 0.4) is 0 Å². The topological polar surface area (TPSA) is 68.9 Å². The summed E-state index contributed by atoms with van der Waals surface area (Å²) in [5.74, 6) is 0.254. The Morgan fingerprint density at radius 1 is 0.722 bits per heavy atom. The molecule has 7 nitrogen and oxygen atoms in total. The Morgan fingerprint density at radius 3 is 1.83 bits per heavy atom. The van der Waals surface area contributed by atoms with Gasteiger partial charge in [0, 0.05) is 60.1 Å². The number of alkyl halides is 1. The summed E-state index contributed by atoms with van der Waals surface area (Å²) in [5, 5.41) is 5.59. The van der Waals surface area contributed by atoms with Crippen LogP contribution >= 0.6 is 58.4 Å². The smallest absolute Gasteiger partial charge is 0.185 e. The van der Waals surface area contributed by atoms with Crippen LogP contribution in [0.1, 0.15) is 93.9 Å². The number of thiazole rings is 1. The monoisotopic (exact) mass is 832 g/mol. The molecule has 3 aromatic rings. The van der Waals surface area contributed by atoms with Crippen LogP contribution in [0.15, 0.2) is 53.9 Å². The van der Waals surface area contributed by atoms with E-state index >= 15 is 0 Å². The van der Waals surface area contributed by atoms with E-state index in [9.17, 15) is 4.79 Å². The molecule has 12 heteroatoms. The quantitative estimate of drug-likeness (QED) is 0.195. The van der Waals surface area contributed by atoms with Gasteiger partial charge in [0.15, 0.2) is 16.0 Å². The lowest BCUT2D eigenvalue weighted by atomic mass is 9.67. The predicted octanol–water partition coefficient (Wildman–Crippen LogP) is 9.41. The minimum atomic E-state index is -0.357. The second kappa shape index (κ2) is 21.0. The van der Waals surface area contributed by atoms with Crippen LogP contribution in [0.2, 0.25) is 10.0 Å². The molecule has 0 radical (unpaired) electrons. The summed E-state index contributed by atoms with van der Waals surface area (Å²) in [4.78, 5) is 26.7. The van der Waals surface area contributed by atoms with E-state index in [4.69, 9.17) is 57.7 Å². The zero-order valence-electron chi connectivity index (χ0n) is 32.2. The number of thiocarbonyl (C=S) groups is 1. The van der Waals surface area contributed by atoms with E-state index in [2.05, 4.69) is 51.2 Å². The maximum Gasteiger partial charge on any atom is 0.185 e. The highest BCUT2D eigenvalue weighted by Crippen LogP contribution is 2.46. The van der Waals surface area contributed by atoms with E-state index in [1.807, 2.05) is 47.7 Å². The van der Waals surface area contributed by atoms with Crippen molar-refractivity contribution in [1.82, 2.24) is 19.7 Å². The fraction of sp³-hybridized carbons (Fsp3) is 0.595. The van der Waals surface area contributed by atoms with Crippen LogP contribution in [0.25, 0.3) is 0 Å². The first-order valence-corrected chi connectivity index (χ1v) is 22.4. The summed E-state index contributed by atoms with van der Waals surface area (Å²) in [5.41, 5.74) is 8.97. The van der Waals surface area contributed by atoms with E-state index in [0.717, 1.165) is 88.5 Å². The normalized spacial score (nSPS) is 20.7. The maximum atomic E-state index is 12.2. The lowest BCUT2D eigenvalue weighted by Crippen LogP contribution is -2.38. The average molecular weight is 834 g/mol. The van der Waals surface area contributed by atoms with Crippen molar-refractivity contribution in [2.45, 2.75) is 87.9 Å². The van der Waals surface area contributed by atoms with Crippen molar-refractivity contribution in [1.29, 1.82) is 0 Å². The summed E-state index contributed by atoms with van der Waals surface area (Å²) in [6, 6.07) is 16.1. The molecular weight excluding hydrogens is 775 g/mol. The third kappa shape index (κ3) is 11.3. The van der Waals surface area contributed by atoms with E-state index in [1.165, 1.54) is 67.9 Å². The third-order valence-corrected chi connectivity index (χ3v) is 13.8. The molecule has 2 saturated heterocycles. The van der Waals surface area contributed by atoms with Gasteiger partial charge < -0.3 is 25.3 Å². The molecule has 2 saturated carbocycles. The fourth-order valence-corrected chi connectivity index (χ4v) is 10.2. The van der Waals surface area contributed by atoms with Crippen LogP contribution in [0, 0.1) is 0 Å². The van der Waals surface area contributed by atoms with Crippen molar-refractivity contribution in [3.63, 3.8) is 0 Å². The Balaban J connectivity index is 0.000000172. The fourth-order valence-electron chi connectivity index (χ4n) is 8.53. The summed E-state index contributed by atoms with van der Waals surface area (Å²) >= 11 is 24.6. The number of ketones is 1. The number of anilines is 1. The summed E-state index contributed by atoms with van der Waals surface area (Å²) in [6.45, 7) is 8.71. The zero-order valence-corrected chi connectivity index (χ0v) is 36.1. The summed E-state index contributed by atoms with van der Waals surface area (Å²) in [6.07, 6.45) is 13.9. The first-order valence-electron chi connectivity index (χ1n) is 19.8. The molecule has 2 aromatic carbocycles. The van der Waals surface area contributed by atoms with Crippen molar-refractivity contribution in [2.75, 3.05) is 77.2 Å². The molecule has 4 aliphatic rings. The Morgan fingerprint density at radius 2 is 1.26 bits per heavy atom. The number of Topliss-reactive ketones (excluding diaryl/α,β-unsaturated/α-hetero) is 1. The molecule has 296 valence electrons. The number of hydrogen-bond donors (Lipinski definition) is 1. The second-order valence-electron chi connectivity index (χ2n) is 15.5. The van der Waals surface area contributed by atoms with Crippen molar-refractivity contribution in [2.24, 2.45) is 5.73 Å². The van der Waals surface area contributed by atoms with Crippen LogP contribution in [0.4, 0.5) is 5.13 Å². The number of nitrogens with two attached hydrogens (primary N) is 1. The SMILES string of the molecule is CN1CCCN(C(N)=S)CC1.CN1CCCN(c2nc(C3(c4ccc(Cl)cc4)CCCCC3)cs2)CC1.O=C(CCl)C1(c2ccc(Cl)cc2)CCCCC1. The third-order valence-electron chi connectivity index (χ3n) is 11.9. The van der Waals surface area contributed by atoms with Crippen molar-refractivity contribution in [3.05, 3.63) is 80.8 Å². The molecule has 2 aliphatic heterocycles. The van der Waals surface area contributed by atoms with Gasteiger partial charge >= 0.3 is 0 Å². The van der Waals surface area contributed by atoms with E-state index < -0.39 is 0 Å². The number of carbonyl (C=O) groups excluding carboxylic acids is 1. The molecule has 0 bridgehead atoms. The molecule has 2 N–H and O–H groups in total. The zero-order chi connectivity index (χ0) is 38.6. The Bertz CT molecular complexity index is 1610. The van der Waals surface area contributed by atoms with E-state index in [0.29, 0.717) is 10.1 Å². The second-order valence-corrected chi connectivity index (χ2v) is 17.9. The number of aromatic nitrogens is 1. The largest absolute Gasteiger partial charge is 0.376 e. The molecule has 0 spiro atoms. The number of benzene rings is 2. The van der Waals surface area contributed by atoms with Crippen molar-refractivity contribution < 1.29 is 4.79 Å². The number of rotatable bonds is 6. The van der Waals surface area contributed by atoms with Gasteiger partial charge in [0.25, 0.3) is 0 Å². The number of nitrogens with zero attached hydrogens (tertiary/aromatic N) is 5. The minimum absolute atomic E-state index is 0.0697. The molecular formula is C42H59Cl3N6OS2. The van der Waals surface area contributed by atoms with Gasteiger partial charge in [0.1, 0.15) is 0 Å². The molecule has 1 aromatic heterocycles. The highest BCUT2D eigenvalue weighted by Gasteiger charge is 2.40. The summed E-state index contributed by atoms with van der Waals surface area (Å²) < 4.78 is 0. The van der Waals surface area contributed by atoms with Crippen LogP contribution in [0.5, 0.6) is 0 Å². The Hall–Kier alpha value is -1.98. The number of carbonyl (C=O) groups is 1. The molecule has 54 heavy (non-hydrogen) atoms. The highest BCUT2D eigenvalue weighted by atomic mass is 35.5. The average Bonchev–Trinajstić information content (AvgIpc) is 3.45. The van der Waals surface area contributed by atoms with Crippen molar-refractivity contribution >= 4 is 74.4 Å². The lowest BCUT2D eigenvalue weighted by molar-refractivity contribution is -0.123. The van der Waals surface area contributed by atoms with Crippen LogP contribution < -0.4 is 10.6 Å². The number of hydrogen-bond acceptors (Lipinski definition) is 7. The van der Waals surface area contributed by atoms with Gasteiger partial charge in [-0.2, -0.15) is 0 Å². The molecule has 7 rings (SSSR count). The molecule has 0 unspecified atom stereocenters. The van der Waals surface area contributed by atoms with Gasteiger partial charge in [-0.25, -0.2) is 4.98 Å². The van der Waals surface area contributed by atoms with Crippen LogP contribution in [-0.2, 0) is 15.6 Å². The lowest BCUT2D eigenvalue weighted by Gasteiger charge is -2.36. The molecule has 4 fully saturated rings. The van der Waals surface area contributed by atoms with Gasteiger partial charge in [0.2, 0.25) is 0 Å². The number of likely N-dealkylation sites (N-methyl/N-ethyl adjacent to an activating group) is 2. The van der Waals surface area contributed by atoms with Gasteiger partial charge in [-0.3, -0.25) is 4.79 Å². The number of halogens is 3. The van der Waals surface area contributed by atoms with Gasteiger partial charge in [-0.1, -0.05) is 86.0 Å². The molecule has 0 atom stereocenters. The predicted molar refractivity (Wildman–Crippen MR) is 234 cm³/mol. The van der Waals surface area contributed by atoms with E-state index in [1.54, 1.807) is 0 Å². The molecule has 3 heterocycles. The van der Waals surface area contributed by atoms with Crippen LogP contribution in [-0.4, -0.2) is 103 Å². The first kappa shape index (κ1) is 43.1. The highest BCUT2D eigenvalue weighted by molar-refractivity contribution is 7.80. The summed E-state index contributed by atoms with van der Waals surface area (Å²) in [7, 11) is 4.34. The molecule has 2 aliphatic carbocycles. The van der Waals surface area contributed by atoms with Gasteiger partial charge in [-0.05, 0) is 113 Å². The van der Waals surface area contributed by atoms with Gasteiger partial charge in [-0.15, -0.1) is 22.9 Å². The van der Waals surface area contributed by atoms with Crippen molar-refractivity contribution in [3.8, 4) is 0 Å². The van der Waals surface area contributed by atoms with Gasteiger partial charge in [0.05, 0.1) is 17.0 Å². The first-order chi connectivity index (χ1) is 26.1. The Kier molecular flexibility index (Phi) is 16.8. The van der Waals surface area contributed by atoms with E-state index in [-0.39, 0.29) is 22.5 Å². The maximum absolute atomic E-state index is 12.2.